The molecule has 0 radical (unpaired) electrons. The first-order valence-electron chi connectivity index (χ1n) is 2.48. The molecule has 1 heterocycles. The molecule has 0 aromatic heterocycles. The fourth-order valence-electron chi connectivity index (χ4n) is 0.492. The first-order chi connectivity index (χ1) is 5.27. The van der Waals surface area contributed by atoms with Crippen molar-refractivity contribution in [3.05, 3.63) is 0 Å². The van der Waals surface area contributed by atoms with E-state index in [9.17, 15) is 27.2 Å². The van der Waals surface area contributed by atoms with Gasteiger partial charge in [0.15, 0.2) is 0 Å². The second-order valence-corrected chi connectivity index (χ2v) is 1.83. The molecule has 0 amide bonds. The van der Waals surface area contributed by atoms with Crippen LogP contribution in [-0.4, -0.2) is 24.2 Å². The quantitative estimate of drug-likeness (QED) is 0.322. The molecule has 0 aliphatic carbocycles. The van der Waals surface area contributed by atoms with Crippen LogP contribution in [0, 0.1) is 0 Å². The molecule has 68 valence electrons. The highest BCUT2D eigenvalue weighted by Gasteiger charge is 2.71. The van der Waals surface area contributed by atoms with Gasteiger partial charge >= 0.3 is 24.2 Å². The molecule has 0 saturated carbocycles. The maximum absolute atomic E-state index is 12.4. The van der Waals surface area contributed by atoms with Crippen molar-refractivity contribution < 1.29 is 36.6 Å². The zero-order chi connectivity index (χ0) is 9.57. The van der Waals surface area contributed by atoms with E-state index in [4.69, 9.17) is 0 Å². The molecule has 0 aromatic carbocycles. The van der Waals surface area contributed by atoms with Gasteiger partial charge in [-0.15, -0.1) is 0 Å². The number of cyclic esters (lactones) is 3. The average Bonchev–Trinajstić information content (AvgIpc) is 2.06. The summed E-state index contributed by atoms with van der Waals surface area (Å²) in [7, 11) is 0. The number of halogens is 4. The Bertz CT molecular complexity index is 246. The molecule has 0 aromatic rings. The molecule has 0 spiro atoms. The van der Waals surface area contributed by atoms with Gasteiger partial charge in [-0.2, -0.15) is 17.6 Å². The van der Waals surface area contributed by atoms with Gasteiger partial charge in [0, 0.05) is 0 Å². The number of carbonyl (C=O) groups excluding carboxylic acids is 2. The maximum atomic E-state index is 12.4. The van der Waals surface area contributed by atoms with E-state index < -0.39 is 24.2 Å². The number of alkyl halides is 4. The van der Waals surface area contributed by atoms with Gasteiger partial charge in [0.25, 0.3) is 0 Å². The summed E-state index contributed by atoms with van der Waals surface area (Å²) in [6, 6.07) is 0. The van der Waals surface area contributed by atoms with Gasteiger partial charge in [-0.25, -0.2) is 9.59 Å². The Kier molecular flexibility index (Phi) is 1.52. The summed E-state index contributed by atoms with van der Waals surface area (Å²) in [5, 5.41) is 0. The first kappa shape index (κ1) is 8.75. The lowest BCUT2D eigenvalue weighted by Crippen LogP contribution is -2.46. The van der Waals surface area contributed by atoms with Crippen molar-refractivity contribution in [2.75, 3.05) is 0 Å². The largest absolute Gasteiger partial charge is 0.519 e. The molecule has 1 atom stereocenters. The van der Waals surface area contributed by atoms with Crippen molar-refractivity contribution in [2.24, 2.45) is 0 Å². The zero-order valence-electron chi connectivity index (χ0n) is 5.14. The number of rotatable bonds is 0. The smallest absolute Gasteiger partial charge is 0.378 e. The molecular weight excluding hydrogens is 188 g/mol. The lowest BCUT2D eigenvalue weighted by Gasteiger charge is -2.15. The average molecular weight is 188 g/mol. The highest BCUT2D eigenvalue weighted by Crippen LogP contribution is 2.39. The Balaban J connectivity index is 3.00. The van der Waals surface area contributed by atoms with Gasteiger partial charge in [-0.3, -0.25) is 0 Å². The molecule has 0 bridgehead atoms. The summed E-state index contributed by atoms with van der Waals surface area (Å²) in [5.41, 5.74) is 0. The van der Waals surface area contributed by atoms with Gasteiger partial charge in [0.1, 0.15) is 0 Å². The second kappa shape index (κ2) is 2.08. The lowest BCUT2D eigenvalue weighted by molar-refractivity contribution is -0.287. The van der Waals surface area contributed by atoms with Crippen LogP contribution < -0.4 is 0 Å². The van der Waals surface area contributed by atoms with Crippen molar-refractivity contribution in [1.29, 1.82) is 0 Å². The second-order valence-electron chi connectivity index (χ2n) is 1.83. The van der Waals surface area contributed by atoms with E-state index in [0.717, 1.165) is 0 Å². The normalized spacial score (nSPS) is 30.0. The number of hydrogen-bond acceptors (Lipinski definition) is 4. The number of esters is 1. The summed E-state index contributed by atoms with van der Waals surface area (Å²) >= 11 is 0. The van der Waals surface area contributed by atoms with E-state index in [1.54, 1.807) is 0 Å². The molecule has 12 heavy (non-hydrogen) atoms. The molecule has 1 saturated heterocycles. The molecular formula is C4F4O4. The van der Waals surface area contributed by atoms with Crippen LogP contribution in [0.15, 0.2) is 0 Å². The van der Waals surface area contributed by atoms with E-state index in [0.29, 0.717) is 0 Å². The third-order valence-electron chi connectivity index (χ3n) is 1.03. The Morgan fingerprint density at radius 1 is 1.25 bits per heavy atom. The van der Waals surface area contributed by atoms with Gasteiger partial charge in [-0.05, 0) is 0 Å². The third kappa shape index (κ3) is 0.990. The maximum Gasteiger partial charge on any atom is 0.519 e. The molecule has 4 nitrogen and oxygen atoms in total. The van der Waals surface area contributed by atoms with E-state index in [2.05, 4.69) is 9.47 Å². The number of carbonyl (C=O) groups is 2. The van der Waals surface area contributed by atoms with Crippen molar-refractivity contribution in [3.8, 4) is 0 Å². The van der Waals surface area contributed by atoms with E-state index in [1.165, 1.54) is 0 Å². The molecule has 1 aliphatic rings. The van der Waals surface area contributed by atoms with Crippen LogP contribution in [0.1, 0.15) is 0 Å². The van der Waals surface area contributed by atoms with Gasteiger partial charge in [-0.1, -0.05) is 0 Å². The van der Waals surface area contributed by atoms with Crippen molar-refractivity contribution in [2.45, 2.75) is 12.0 Å². The summed E-state index contributed by atoms with van der Waals surface area (Å²) in [6.45, 7) is 0. The summed E-state index contributed by atoms with van der Waals surface area (Å²) in [6.07, 6.45) is -7.62. The third-order valence-corrected chi connectivity index (χ3v) is 1.03. The molecule has 0 N–H and O–H groups in total. The summed E-state index contributed by atoms with van der Waals surface area (Å²) in [4.78, 5) is 20.0. The molecule has 8 heteroatoms. The SMILES string of the molecule is O=C1OC(=O)C(F)(C(F)(F)F)O1. The first-order valence-corrected chi connectivity index (χ1v) is 2.48. The standard InChI is InChI=1S/C4F4O4/c5-3(4(6,7)8)1(9)11-2(10)12-3. The number of ether oxygens (including phenoxy) is 2. The minimum absolute atomic E-state index is 2.00. The molecule has 1 aliphatic heterocycles. The lowest BCUT2D eigenvalue weighted by atomic mass is 10.3. The van der Waals surface area contributed by atoms with Gasteiger partial charge in [0.05, 0.1) is 0 Å². The highest BCUT2D eigenvalue weighted by atomic mass is 19.4. The minimum Gasteiger partial charge on any atom is -0.378 e. The van der Waals surface area contributed by atoms with Crippen LogP contribution in [0.5, 0.6) is 0 Å². The Hall–Kier alpha value is -1.34. The van der Waals surface area contributed by atoms with E-state index in [1.807, 2.05) is 0 Å². The highest BCUT2D eigenvalue weighted by molar-refractivity contribution is 5.93. The fourth-order valence-corrected chi connectivity index (χ4v) is 0.492. The van der Waals surface area contributed by atoms with Gasteiger partial charge < -0.3 is 9.47 Å². The summed E-state index contributed by atoms with van der Waals surface area (Å²) < 4.78 is 53.5. The zero-order valence-corrected chi connectivity index (χ0v) is 5.14. The predicted octanol–water partition coefficient (Wildman–Crippen LogP) is 0.908. The van der Waals surface area contributed by atoms with Crippen LogP contribution in [0.3, 0.4) is 0 Å². The molecule has 1 fully saturated rings. The van der Waals surface area contributed by atoms with E-state index >= 15 is 0 Å². The van der Waals surface area contributed by atoms with Crippen LogP contribution in [0.25, 0.3) is 0 Å². The fraction of sp³-hybridized carbons (Fsp3) is 0.500. The Morgan fingerprint density at radius 3 is 1.92 bits per heavy atom. The summed E-state index contributed by atoms with van der Waals surface area (Å²) in [5.74, 6) is -7.05. The van der Waals surface area contributed by atoms with Crippen LogP contribution >= 0.6 is 0 Å². The predicted molar refractivity (Wildman–Crippen MR) is 22.5 cm³/mol. The monoisotopic (exact) mass is 188 g/mol. The molecule has 1 rings (SSSR count). The Labute approximate surface area is 62.0 Å². The van der Waals surface area contributed by atoms with Crippen molar-refractivity contribution >= 4 is 12.1 Å². The van der Waals surface area contributed by atoms with Gasteiger partial charge in [0.2, 0.25) is 0 Å². The molecule has 1 unspecified atom stereocenters. The van der Waals surface area contributed by atoms with Crippen LogP contribution in [-0.2, 0) is 14.3 Å². The van der Waals surface area contributed by atoms with Crippen molar-refractivity contribution in [1.82, 2.24) is 0 Å². The topological polar surface area (TPSA) is 52.6 Å². The Morgan fingerprint density at radius 2 is 1.75 bits per heavy atom. The minimum atomic E-state index is -5.61. The van der Waals surface area contributed by atoms with E-state index in [-0.39, 0.29) is 0 Å². The van der Waals surface area contributed by atoms with Crippen LogP contribution in [0.2, 0.25) is 0 Å². The van der Waals surface area contributed by atoms with Crippen LogP contribution in [0.4, 0.5) is 22.4 Å². The number of hydrogen-bond donors (Lipinski definition) is 0. The van der Waals surface area contributed by atoms with Crippen molar-refractivity contribution in [3.63, 3.8) is 0 Å².